The highest BCUT2D eigenvalue weighted by molar-refractivity contribution is 6.31. The summed E-state index contributed by atoms with van der Waals surface area (Å²) in [6.07, 6.45) is -2.42. The van der Waals surface area contributed by atoms with E-state index in [-0.39, 0.29) is 34.7 Å². The van der Waals surface area contributed by atoms with E-state index in [4.69, 9.17) is 15.2 Å². The molecule has 11 nitrogen and oxygen atoms in total. The normalized spacial score (nSPS) is 20.5. The van der Waals surface area contributed by atoms with Crippen LogP contribution in [0.1, 0.15) is 62.4 Å². The number of phenolic OH excluding ortho intramolecular Hbond substituents is 2. The standard InChI is InChI=1S/C25H28N2O9/c1-12(28)25(34)9-14-17(15(29)10-25)23(32)20-19(22(14)31)21(30)13-3-2-4-16(18(13)24(20)33)36-11-27-6-8-35-7-5-26/h2-4,15,27,29,31-32,34H,5-11,26H2,1H3. The van der Waals surface area contributed by atoms with E-state index >= 15 is 0 Å². The number of carbonyl (C=O) groups excluding carboxylic acids is 3. The van der Waals surface area contributed by atoms with Gasteiger partial charge in [-0.15, -0.1) is 0 Å². The molecule has 2 aromatic rings. The van der Waals surface area contributed by atoms with Crippen molar-refractivity contribution in [2.75, 3.05) is 33.0 Å². The summed E-state index contributed by atoms with van der Waals surface area (Å²) < 4.78 is 10.9. The second-order valence-corrected chi connectivity index (χ2v) is 8.85. The van der Waals surface area contributed by atoms with E-state index in [1.807, 2.05) is 0 Å². The van der Waals surface area contributed by atoms with Gasteiger partial charge in [0.15, 0.2) is 11.6 Å². The average molecular weight is 501 g/mol. The van der Waals surface area contributed by atoms with Gasteiger partial charge in [-0.25, -0.2) is 0 Å². The van der Waals surface area contributed by atoms with Crippen molar-refractivity contribution >= 4 is 17.3 Å². The van der Waals surface area contributed by atoms with Crippen LogP contribution in [0.15, 0.2) is 18.2 Å². The highest BCUT2D eigenvalue weighted by Crippen LogP contribution is 2.50. The third-order valence-electron chi connectivity index (χ3n) is 6.55. The first kappa shape index (κ1) is 25.7. The largest absolute Gasteiger partial charge is 0.507 e. The zero-order chi connectivity index (χ0) is 26.2. The molecule has 2 aromatic carbocycles. The molecule has 0 aromatic heterocycles. The van der Waals surface area contributed by atoms with Crippen molar-refractivity contribution in [3.8, 4) is 17.2 Å². The van der Waals surface area contributed by atoms with E-state index < -0.39 is 64.5 Å². The summed E-state index contributed by atoms with van der Waals surface area (Å²) in [5.74, 6) is -3.39. The van der Waals surface area contributed by atoms with Crippen LogP contribution in [-0.2, 0) is 16.0 Å². The second-order valence-electron chi connectivity index (χ2n) is 8.85. The van der Waals surface area contributed by atoms with Crippen molar-refractivity contribution in [1.82, 2.24) is 5.32 Å². The molecule has 0 amide bonds. The molecule has 0 saturated heterocycles. The van der Waals surface area contributed by atoms with Crippen LogP contribution in [0.25, 0.3) is 0 Å². The number of hydrogen-bond donors (Lipinski definition) is 6. The van der Waals surface area contributed by atoms with Gasteiger partial charge >= 0.3 is 0 Å². The zero-order valence-electron chi connectivity index (χ0n) is 19.7. The highest BCUT2D eigenvalue weighted by Gasteiger charge is 2.47. The van der Waals surface area contributed by atoms with Gasteiger partial charge in [0.25, 0.3) is 0 Å². The third-order valence-corrected chi connectivity index (χ3v) is 6.55. The number of nitrogens with two attached hydrogens (primary N) is 1. The molecule has 0 saturated carbocycles. The molecule has 0 aliphatic heterocycles. The maximum Gasteiger partial charge on any atom is 0.202 e. The Morgan fingerprint density at radius 2 is 1.86 bits per heavy atom. The molecule has 7 N–H and O–H groups in total. The Labute approximate surface area is 206 Å². The summed E-state index contributed by atoms with van der Waals surface area (Å²) >= 11 is 0. The monoisotopic (exact) mass is 500 g/mol. The molecular formula is C25H28N2O9. The van der Waals surface area contributed by atoms with Crippen LogP contribution in [0.3, 0.4) is 0 Å². The van der Waals surface area contributed by atoms with Gasteiger partial charge in [-0.3, -0.25) is 19.7 Å². The predicted molar refractivity (Wildman–Crippen MR) is 125 cm³/mol. The van der Waals surface area contributed by atoms with Gasteiger partial charge in [0.05, 0.1) is 36.0 Å². The lowest BCUT2D eigenvalue weighted by Crippen LogP contribution is -2.44. The molecule has 0 fully saturated rings. The summed E-state index contributed by atoms with van der Waals surface area (Å²) in [5.41, 5.74) is 1.98. The number of aromatic hydroxyl groups is 2. The lowest BCUT2D eigenvalue weighted by molar-refractivity contribution is -0.139. The minimum Gasteiger partial charge on any atom is -0.507 e. The maximum absolute atomic E-state index is 13.5. The van der Waals surface area contributed by atoms with E-state index in [0.717, 1.165) is 6.92 Å². The van der Waals surface area contributed by atoms with Crippen molar-refractivity contribution in [3.05, 3.63) is 51.6 Å². The number of ketones is 3. The third kappa shape index (κ3) is 4.25. The van der Waals surface area contributed by atoms with Gasteiger partial charge in [0, 0.05) is 42.6 Å². The van der Waals surface area contributed by atoms with Crippen LogP contribution in [0.4, 0.5) is 0 Å². The summed E-state index contributed by atoms with van der Waals surface area (Å²) in [5, 5.41) is 46.3. The fourth-order valence-corrected chi connectivity index (χ4v) is 4.69. The molecule has 2 aliphatic carbocycles. The summed E-state index contributed by atoms with van der Waals surface area (Å²) in [7, 11) is 0. The number of hydrogen-bond acceptors (Lipinski definition) is 11. The smallest absolute Gasteiger partial charge is 0.202 e. The van der Waals surface area contributed by atoms with Crippen molar-refractivity contribution in [2.24, 2.45) is 5.73 Å². The Morgan fingerprint density at radius 3 is 2.56 bits per heavy atom. The van der Waals surface area contributed by atoms with Gasteiger partial charge in [-0.1, -0.05) is 12.1 Å². The molecule has 4 rings (SSSR count). The number of aliphatic hydroxyl groups excluding tert-OH is 1. The molecular weight excluding hydrogens is 472 g/mol. The Balaban J connectivity index is 1.70. The van der Waals surface area contributed by atoms with Crippen LogP contribution in [-0.4, -0.2) is 76.4 Å². The number of aliphatic hydroxyl groups is 2. The quantitative estimate of drug-likeness (QED) is 0.133. The Morgan fingerprint density at radius 1 is 1.14 bits per heavy atom. The van der Waals surface area contributed by atoms with Crippen LogP contribution >= 0.6 is 0 Å². The number of fused-ring (bicyclic) bond motifs is 3. The summed E-state index contributed by atoms with van der Waals surface area (Å²) in [4.78, 5) is 38.9. The van der Waals surface area contributed by atoms with E-state index in [2.05, 4.69) is 5.32 Å². The molecule has 0 spiro atoms. The van der Waals surface area contributed by atoms with E-state index in [9.17, 15) is 34.8 Å². The van der Waals surface area contributed by atoms with Crippen molar-refractivity contribution < 1.29 is 44.3 Å². The number of carbonyl (C=O) groups is 3. The first-order valence-electron chi connectivity index (χ1n) is 11.5. The molecule has 11 heteroatoms. The fourth-order valence-electron chi connectivity index (χ4n) is 4.69. The number of Topliss-reactive ketones (excluding diaryl/α,β-unsaturated/α-hetero) is 1. The van der Waals surface area contributed by atoms with E-state index in [0.29, 0.717) is 26.3 Å². The SMILES string of the molecule is CC(=O)C1(O)Cc2c(O)c3c(c(O)c2C(O)C1)C(=O)c1c(OCNCCOCCN)cccc1C3=O. The van der Waals surface area contributed by atoms with Crippen LogP contribution in [0.2, 0.25) is 0 Å². The summed E-state index contributed by atoms with van der Waals surface area (Å²) in [6, 6.07) is 4.41. The van der Waals surface area contributed by atoms with Gasteiger partial charge < -0.3 is 35.6 Å². The second kappa shape index (κ2) is 9.96. The number of ether oxygens (including phenoxy) is 2. The molecule has 36 heavy (non-hydrogen) atoms. The predicted octanol–water partition coefficient (Wildman–Crippen LogP) is 0.0741. The van der Waals surface area contributed by atoms with Crippen molar-refractivity contribution in [2.45, 2.75) is 31.5 Å². The average Bonchev–Trinajstić information content (AvgIpc) is 2.83. The lowest BCUT2D eigenvalue weighted by atomic mass is 9.72. The maximum atomic E-state index is 13.5. The minimum absolute atomic E-state index is 0.000525. The number of benzene rings is 2. The lowest BCUT2D eigenvalue weighted by Gasteiger charge is -2.36. The molecule has 0 radical (unpaired) electrons. The topological polar surface area (TPSA) is 189 Å². The molecule has 2 atom stereocenters. The minimum atomic E-state index is -1.99. The summed E-state index contributed by atoms with van der Waals surface area (Å²) in [6.45, 7) is 2.83. The first-order valence-corrected chi connectivity index (χ1v) is 11.5. The van der Waals surface area contributed by atoms with Crippen LogP contribution in [0.5, 0.6) is 17.2 Å². The fraction of sp³-hybridized carbons (Fsp3) is 0.400. The van der Waals surface area contributed by atoms with Gasteiger partial charge in [-0.2, -0.15) is 0 Å². The Hall–Kier alpha value is -3.35. The van der Waals surface area contributed by atoms with Crippen molar-refractivity contribution in [1.29, 1.82) is 0 Å². The van der Waals surface area contributed by atoms with E-state index in [1.54, 1.807) is 0 Å². The zero-order valence-corrected chi connectivity index (χ0v) is 19.7. The van der Waals surface area contributed by atoms with Crippen LogP contribution < -0.4 is 15.8 Å². The number of nitrogens with one attached hydrogen (secondary N) is 1. The molecule has 2 unspecified atom stereocenters. The van der Waals surface area contributed by atoms with Gasteiger partial charge in [0.1, 0.15) is 29.6 Å². The molecule has 0 heterocycles. The van der Waals surface area contributed by atoms with Gasteiger partial charge in [0.2, 0.25) is 5.78 Å². The van der Waals surface area contributed by atoms with Crippen molar-refractivity contribution in [3.63, 3.8) is 0 Å². The van der Waals surface area contributed by atoms with Crippen LogP contribution in [0, 0.1) is 0 Å². The number of rotatable bonds is 9. The number of phenols is 2. The first-order chi connectivity index (χ1) is 17.1. The Bertz CT molecular complexity index is 1240. The molecule has 0 bridgehead atoms. The Kier molecular flexibility index (Phi) is 7.12. The molecule has 192 valence electrons. The molecule has 2 aliphatic rings. The van der Waals surface area contributed by atoms with E-state index in [1.165, 1.54) is 18.2 Å². The highest BCUT2D eigenvalue weighted by atomic mass is 16.5. The van der Waals surface area contributed by atoms with Gasteiger partial charge in [-0.05, 0) is 13.0 Å².